The van der Waals surface area contributed by atoms with E-state index in [2.05, 4.69) is 26.3 Å². The summed E-state index contributed by atoms with van der Waals surface area (Å²) in [5.74, 6) is 0.626. The van der Waals surface area contributed by atoms with Crippen molar-refractivity contribution in [3.8, 4) is 11.3 Å². The molecular formula is C18H19ClN4O2. The highest BCUT2D eigenvalue weighted by molar-refractivity contribution is 5.85. The molecule has 25 heavy (non-hydrogen) atoms. The first kappa shape index (κ1) is 17.4. The number of nitrogens with zero attached hydrogens (tertiary/aromatic N) is 3. The summed E-state index contributed by atoms with van der Waals surface area (Å²) in [6.45, 7) is 5.63. The summed E-state index contributed by atoms with van der Waals surface area (Å²) in [5.41, 5.74) is 2.36. The summed E-state index contributed by atoms with van der Waals surface area (Å²) in [6.07, 6.45) is 1.65. The van der Waals surface area contributed by atoms with Crippen LogP contribution in [-0.4, -0.2) is 36.1 Å². The van der Waals surface area contributed by atoms with Gasteiger partial charge in [0.1, 0.15) is 11.4 Å². The van der Waals surface area contributed by atoms with Crippen LogP contribution in [0.3, 0.4) is 0 Å². The van der Waals surface area contributed by atoms with Crippen LogP contribution >= 0.6 is 12.4 Å². The molecule has 0 radical (unpaired) electrons. The first-order chi connectivity index (χ1) is 11.7. The van der Waals surface area contributed by atoms with Crippen LogP contribution < -0.4 is 15.8 Å². The molecule has 0 aliphatic carbocycles. The van der Waals surface area contributed by atoms with Crippen molar-refractivity contribution < 1.29 is 4.42 Å². The van der Waals surface area contributed by atoms with Crippen molar-refractivity contribution >= 4 is 29.1 Å². The quantitative estimate of drug-likeness (QED) is 0.709. The van der Waals surface area contributed by atoms with Crippen LogP contribution in [0.15, 0.2) is 45.7 Å². The first-order valence-electron chi connectivity index (χ1n) is 8.04. The van der Waals surface area contributed by atoms with Gasteiger partial charge in [0, 0.05) is 49.5 Å². The van der Waals surface area contributed by atoms with E-state index in [0.717, 1.165) is 37.3 Å². The summed E-state index contributed by atoms with van der Waals surface area (Å²) in [5, 5.41) is 4.22. The van der Waals surface area contributed by atoms with Crippen LogP contribution in [0, 0.1) is 6.92 Å². The Bertz CT molecular complexity index is 951. The Labute approximate surface area is 151 Å². The van der Waals surface area contributed by atoms with Crippen molar-refractivity contribution in [2.75, 3.05) is 31.1 Å². The fraction of sp³-hybridized carbons (Fsp3) is 0.278. The maximum atomic E-state index is 12.4. The average Bonchev–Trinajstić information content (AvgIpc) is 2.61. The summed E-state index contributed by atoms with van der Waals surface area (Å²) < 4.78 is 5.56. The summed E-state index contributed by atoms with van der Waals surface area (Å²) in [4.78, 5) is 23.1. The van der Waals surface area contributed by atoms with E-state index in [1.165, 1.54) is 0 Å². The second-order valence-electron chi connectivity index (χ2n) is 5.90. The van der Waals surface area contributed by atoms with E-state index in [-0.39, 0.29) is 18.0 Å². The molecule has 1 fully saturated rings. The minimum absolute atomic E-state index is 0. The number of aryl methyl sites for hydroxylation is 1. The molecule has 130 valence electrons. The Morgan fingerprint density at radius 2 is 1.96 bits per heavy atom. The molecule has 7 heteroatoms. The van der Waals surface area contributed by atoms with Gasteiger partial charge in [-0.2, -0.15) is 0 Å². The molecule has 6 nitrogen and oxygen atoms in total. The molecule has 3 aromatic rings. The Morgan fingerprint density at radius 3 is 2.72 bits per heavy atom. The molecule has 4 rings (SSSR count). The first-order valence-corrected chi connectivity index (χ1v) is 8.04. The van der Waals surface area contributed by atoms with Gasteiger partial charge in [-0.25, -0.2) is 14.8 Å². The number of piperazine rings is 1. The normalized spacial score (nSPS) is 14.4. The molecule has 0 bridgehead atoms. The zero-order valence-electron chi connectivity index (χ0n) is 13.9. The number of benzene rings is 1. The standard InChI is InChI=1S/C18H18N4O2.ClH/c1-12-20-5-4-16(21-12)15-10-13-2-3-14(11-17(13)24-18(15)23)22-8-6-19-7-9-22;/h2-5,10-11,19H,6-9H2,1H3;1H. The Kier molecular flexibility index (Phi) is 5.01. The summed E-state index contributed by atoms with van der Waals surface area (Å²) >= 11 is 0. The zero-order valence-corrected chi connectivity index (χ0v) is 14.7. The fourth-order valence-corrected chi connectivity index (χ4v) is 3.00. The van der Waals surface area contributed by atoms with E-state index in [9.17, 15) is 4.79 Å². The van der Waals surface area contributed by atoms with Gasteiger partial charge >= 0.3 is 5.63 Å². The maximum Gasteiger partial charge on any atom is 0.345 e. The van der Waals surface area contributed by atoms with Crippen molar-refractivity contribution in [3.63, 3.8) is 0 Å². The largest absolute Gasteiger partial charge is 0.422 e. The maximum absolute atomic E-state index is 12.4. The second kappa shape index (κ2) is 7.21. The number of hydrogen-bond acceptors (Lipinski definition) is 6. The minimum atomic E-state index is -0.377. The molecule has 0 atom stereocenters. The van der Waals surface area contributed by atoms with E-state index >= 15 is 0 Å². The van der Waals surface area contributed by atoms with Gasteiger partial charge in [0.05, 0.1) is 11.3 Å². The zero-order chi connectivity index (χ0) is 16.5. The molecule has 0 saturated carbocycles. The van der Waals surface area contributed by atoms with Crippen molar-refractivity contribution in [3.05, 3.63) is 52.8 Å². The van der Waals surface area contributed by atoms with Crippen LogP contribution in [-0.2, 0) is 0 Å². The molecule has 1 aromatic carbocycles. The Morgan fingerprint density at radius 1 is 1.16 bits per heavy atom. The van der Waals surface area contributed by atoms with Gasteiger partial charge < -0.3 is 14.6 Å². The molecule has 0 spiro atoms. The molecule has 0 amide bonds. The van der Waals surface area contributed by atoms with Gasteiger partial charge in [0.25, 0.3) is 0 Å². The van der Waals surface area contributed by atoms with Crippen LogP contribution in [0.2, 0.25) is 0 Å². The molecule has 1 aliphatic rings. The van der Waals surface area contributed by atoms with Crippen molar-refractivity contribution in [1.29, 1.82) is 0 Å². The van der Waals surface area contributed by atoms with E-state index in [4.69, 9.17) is 4.42 Å². The van der Waals surface area contributed by atoms with Crippen LogP contribution in [0.1, 0.15) is 5.82 Å². The van der Waals surface area contributed by atoms with Gasteiger partial charge in [-0.1, -0.05) is 0 Å². The highest BCUT2D eigenvalue weighted by Gasteiger charge is 2.13. The number of aromatic nitrogens is 2. The summed E-state index contributed by atoms with van der Waals surface area (Å²) in [6, 6.07) is 9.57. The van der Waals surface area contributed by atoms with Crippen molar-refractivity contribution in [2.45, 2.75) is 6.92 Å². The van der Waals surface area contributed by atoms with E-state index in [0.29, 0.717) is 22.7 Å². The highest BCUT2D eigenvalue weighted by atomic mass is 35.5. The van der Waals surface area contributed by atoms with Gasteiger partial charge in [0.2, 0.25) is 0 Å². The monoisotopic (exact) mass is 358 g/mol. The van der Waals surface area contributed by atoms with Gasteiger partial charge in [-0.05, 0) is 31.2 Å². The number of fused-ring (bicyclic) bond motifs is 1. The Balaban J connectivity index is 0.00000182. The van der Waals surface area contributed by atoms with Gasteiger partial charge in [-0.3, -0.25) is 0 Å². The topological polar surface area (TPSA) is 71.3 Å². The lowest BCUT2D eigenvalue weighted by atomic mass is 10.1. The number of rotatable bonds is 2. The molecule has 3 heterocycles. The molecular weight excluding hydrogens is 340 g/mol. The van der Waals surface area contributed by atoms with Crippen molar-refractivity contribution in [1.82, 2.24) is 15.3 Å². The van der Waals surface area contributed by atoms with Crippen LogP contribution in [0.5, 0.6) is 0 Å². The molecule has 2 aromatic heterocycles. The van der Waals surface area contributed by atoms with E-state index in [1.807, 2.05) is 18.2 Å². The van der Waals surface area contributed by atoms with Gasteiger partial charge in [0.15, 0.2) is 0 Å². The van der Waals surface area contributed by atoms with E-state index < -0.39 is 0 Å². The number of hydrogen-bond donors (Lipinski definition) is 1. The minimum Gasteiger partial charge on any atom is -0.422 e. The third-order valence-electron chi connectivity index (χ3n) is 4.25. The average molecular weight is 359 g/mol. The van der Waals surface area contributed by atoms with Crippen LogP contribution in [0.4, 0.5) is 5.69 Å². The smallest absolute Gasteiger partial charge is 0.345 e. The third-order valence-corrected chi connectivity index (χ3v) is 4.25. The molecule has 0 unspecified atom stereocenters. The van der Waals surface area contributed by atoms with Crippen molar-refractivity contribution in [2.24, 2.45) is 0 Å². The highest BCUT2D eigenvalue weighted by Crippen LogP contribution is 2.24. The van der Waals surface area contributed by atoms with E-state index in [1.54, 1.807) is 19.2 Å². The Hall–Kier alpha value is -2.44. The number of halogens is 1. The lowest BCUT2D eigenvalue weighted by Crippen LogP contribution is -2.43. The SMILES string of the molecule is Cc1nccc(-c2cc3ccc(N4CCNCC4)cc3oc2=O)n1.Cl. The third kappa shape index (κ3) is 3.50. The molecule has 1 saturated heterocycles. The molecule has 1 N–H and O–H groups in total. The lowest BCUT2D eigenvalue weighted by Gasteiger charge is -2.29. The second-order valence-corrected chi connectivity index (χ2v) is 5.90. The summed E-state index contributed by atoms with van der Waals surface area (Å²) in [7, 11) is 0. The molecule has 1 aliphatic heterocycles. The lowest BCUT2D eigenvalue weighted by molar-refractivity contribution is 0.561. The predicted octanol–water partition coefficient (Wildman–Crippen LogP) is 2.39. The number of anilines is 1. The van der Waals surface area contributed by atoms with Crippen LogP contribution in [0.25, 0.3) is 22.2 Å². The predicted molar refractivity (Wildman–Crippen MR) is 101 cm³/mol. The fourth-order valence-electron chi connectivity index (χ4n) is 3.00. The van der Waals surface area contributed by atoms with Gasteiger partial charge in [-0.15, -0.1) is 12.4 Å². The number of nitrogens with one attached hydrogen (secondary N) is 1.